The largest absolute Gasteiger partial charge is 0.487 e. The van der Waals surface area contributed by atoms with Gasteiger partial charge < -0.3 is 10.5 Å². The molecule has 0 radical (unpaired) electrons. The van der Waals surface area contributed by atoms with E-state index in [-0.39, 0.29) is 0 Å². The average molecular weight is 248 g/mol. The molecule has 0 aromatic heterocycles. The van der Waals surface area contributed by atoms with Crippen molar-refractivity contribution < 1.29 is 4.74 Å². The molecule has 0 unspecified atom stereocenters. The van der Waals surface area contributed by atoms with Gasteiger partial charge in [-0.1, -0.05) is 35.9 Å². The molecule has 3 heteroatoms. The van der Waals surface area contributed by atoms with Gasteiger partial charge in [-0.3, -0.25) is 0 Å². The molecular weight excluding hydrogens is 234 g/mol. The summed E-state index contributed by atoms with van der Waals surface area (Å²) in [4.78, 5) is 0. The van der Waals surface area contributed by atoms with Crippen molar-refractivity contribution in [3.05, 3.63) is 58.6 Å². The fourth-order valence-electron chi connectivity index (χ4n) is 1.50. The predicted octanol–water partition coefficient (Wildman–Crippen LogP) is 3.81. The van der Waals surface area contributed by atoms with Gasteiger partial charge in [0.05, 0.1) is 5.02 Å². The lowest BCUT2D eigenvalue weighted by molar-refractivity contribution is 0.306. The Hall–Kier alpha value is -1.67. The second-order valence-electron chi connectivity index (χ2n) is 3.91. The Morgan fingerprint density at radius 2 is 1.94 bits per heavy atom. The number of benzene rings is 2. The van der Waals surface area contributed by atoms with E-state index in [0.717, 1.165) is 16.8 Å². The van der Waals surface area contributed by atoms with Crippen molar-refractivity contribution in [3.63, 3.8) is 0 Å². The highest BCUT2D eigenvalue weighted by Gasteiger charge is 2.01. The smallest absolute Gasteiger partial charge is 0.138 e. The number of anilines is 1. The standard InChI is InChI=1S/C14H14ClNO/c1-10-6-7-11(8-13(10)16)9-17-14-5-3-2-4-12(14)15/h2-8H,9,16H2,1H3. The van der Waals surface area contributed by atoms with Crippen molar-refractivity contribution in [2.75, 3.05) is 5.73 Å². The first-order valence-electron chi connectivity index (χ1n) is 5.39. The number of ether oxygens (including phenoxy) is 1. The normalized spacial score (nSPS) is 10.2. The van der Waals surface area contributed by atoms with E-state index in [1.807, 2.05) is 43.3 Å². The number of hydrogen-bond acceptors (Lipinski definition) is 2. The van der Waals surface area contributed by atoms with E-state index in [1.165, 1.54) is 0 Å². The van der Waals surface area contributed by atoms with Crippen LogP contribution in [-0.4, -0.2) is 0 Å². The van der Waals surface area contributed by atoms with Gasteiger partial charge in [-0.05, 0) is 36.2 Å². The van der Waals surface area contributed by atoms with Crippen LogP contribution >= 0.6 is 11.6 Å². The van der Waals surface area contributed by atoms with Gasteiger partial charge >= 0.3 is 0 Å². The molecule has 17 heavy (non-hydrogen) atoms. The van der Waals surface area contributed by atoms with E-state index in [4.69, 9.17) is 22.1 Å². The molecule has 88 valence electrons. The summed E-state index contributed by atoms with van der Waals surface area (Å²) >= 11 is 6.00. The number of para-hydroxylation sites is 1. The highest BCUT2D eigenvalue weighted by atomic mass is 35.5. The second-order valence-corrected chi connectivity index (χ2v) is 4.32. The van der Waals surface area contributed by atoms with Gasteiger partial charge in [-0.25, -0.2) is 0 Å². The first kappa shape index (κ1) is 11.8. The summed E-state index contributed by atoms with van der Waals surface area (Å²) in [5.41, 5.74) is 8.73. The van der Waals surface area contributed by atoms with Gasteiger partial charge in [0.25, 0.3) is 0 Å². The zero-order chi connectivity index (χ0) is 12.3. The highest BCUT2D eigenvalue weighted by Crippen LogP contribution is 2.24. The van der Waals surface area contributed by atoms with Gasteiger partial charge in [0.2, 0.25) is 0 Å². The van der Waals surface area contributed by atoms with Crippen molar-refractivity contribution >= 4 is 17.3 Å². The first-order valence-corrected chi connectivity index (χ1v) is 5.77. The number of nitrogens with two attached hydrogens (primary N) is 1. The lowest BCUT2D eigenvalue weighted by atomic mass is 10.1. The minimum absolute atomic E-state index is 0.466. The average Bonchev–Trinajstić information content (AvgIpc) is 2.32. The summed E-state index contributed by atoms with van der Waals surface area (Å²) in [6.45, 7) is 2.45. The maximum Gasteiger partial charge on any atom is 0.138 e. The molecular formula is C14H14ClNO. The fraction of sp³-hybridized carbons (Fsp3) is 0.143. The summed E-state index contributed by atoms with van der Waals surface area (Å²) < 4.78 is 5.63. The van der Waals surface area contributed by atoms with E-state index < -0.39 is 0 Å². The Labute approximate surface area is 106 Å². The van der Waals surface area contributed by atoms with E-state index in [9.17, 15) is 0 Å². The van der Waals surface area contributed by atoms with E-state index in [2.05, 4.69) is 0 Å². The molecule has 2 aromatic carbocycles. The molecule has 0 spiro atoms. The van der Waals surface area contributed by atoms with Crippen LogP contribution in [0.15, 0.2) is 42.5 Å². The van der Waals surface area contributed by atoms with Crippen molar-refractivity contribution in [2.24, 2.45) is 0 Å². The molecule has 2 rings (SSSR count). The van der Waals surface area contributed by atoms with Crippen LogP contribution < -0.4 is 10.5 Å². The maximum absolute atomic E-state index is 6.00. The van der Waals surface area contributed by atoms with Crippen LogP contribution in [0.2, 0.25) is 5.02 Å². The van der Waals surface area contributed by atoms with Crippen molar-refractivity contribution in [1.29, 1.82) is 0 Å². The monoisotopic (exact) mass is 247 g/mol. The molecule has 0 bridgehead atoms. The number of hydrogen-bond donors (Lipinski definition) is 1. The molecule has 2 nitrogen and oxygen atoms in total. The molecule has 0 aliphatic heterocycles. The van der Waals surface area contributed by atoms with Gasteiger partial charge in [0, 0.05) is 5.69 Å². The Balaban J connectivity index is 2.08. The Morgan fingerprint density at radius 1 is 1.18 bits per heavy atom. The highest BCUT2D eigenvalue weighted by molar-refractivity contribution is 6.32. The zero-order valence-corrected chi connectivity index (χ0v) is 10.4. The minimum atomic E-state index is 0.466. The number of aryl methyl sites for hydroxylation is 1. The molecule has 0 aliphatic rings. The van der Waals surface area contributed by atoms with E-state index >= 15 is 0 Å². The molecule has 0 aliphatic carbocycles. The maximum atomic E-state index is 6.00. The fourth-order valence-corrected chi connectivity index (χ4v) is 1.69. The third-order valence-corrected chi connectivity index (χ3v) is 2.89. The van der Waals surface area contributed by atoms with Crippen LogP contribution in [-0.2, 0) is 6.61 Å². The number of nitrogen functional groups attached to an aromatic ring is 1. The summed E-state index contributed by atoms with van der Waals surface area (Å²) in [6, 6.07) is 13.3. The summed E-state index contributed by atoms with van der Waals surface area (Å²) in [7, 11) is 0. The van der Waals surface area contributed by atoms with Gasteiger partial charge in [-0.15, -0.1) is 0 Å². The van der Waals surface area contributed by atoms with Crippen LogP contribution in [0.25, 0.3) is 0 Å². The minimum Gasteiger partial charge on any atom is -0.487 e. The van der Waals surface area contributed by atoms with Crippen molar-refractivity contribution in [2.45, 2.75) is 13.5 Å². The topological polar surface area (TPSA) is 35.2 Å². The predicted molar refractivity (Wildman–Crippen MR) is 71.4 cm³/mol. The number of halogens is 1. The molecule has 0 amide bonds. The summed E-state index contributed by atoms with van der Waals surface area (Å²) in [5, 5.41) is 0.618. The number of rotatable bonds is 3. The lowest BCUT2D eigenvalue weighted by Crippen LogP contribution is -1.98. The lowest BCUT2D eigenvalue weighted by Gasteiger charge is -2.09. The molecule has 0 heterocycles. The van der Waals surface area contributed by atoms with Gasteiger partial charge in [0.15, 0.2) is 0 Å². The third-order valence-electron chi connectivity index (χ3n) is 2.57. The Morgan fingerprint density at radius 3 is 2.65 bits per heavy atom. The molecule has 0 saturated heterocycles. The Bertz CT molecular complexity index is 525. The first-order chi connectivity index (χ1) is 8.16. The molecule has 0 saturated carbocycles. The van der Waals surface area contributed by atoms with Crippen LogP contribution in [0.5, 0.6) is 5.75 Å². The molecule has 2 N–H and O–H groups in total. The van der Waals surface area contributed by atoms with Crippen LogP contribution in [0.1, 0.15) is 11.1 Å². The van der Waals surface area contributed by atoms with Crippen LogP contribution in [0.4, 0.5) is 5.69 Å². The van der Waals surface area contributed by atoms with Crippen LogP contribution in [0.3, 0.4) is 0 Å². The van der Waals surface area contributed by atoms with E-state index in [1.54, 1.807) is 6.07 Å². The Kier molecular flexibility index (Phi) is 3.55. The summed E-state index contributed by atoms with van der Waals surface area (Å²) in [6.07, 6.45) is 0. The molecule has 2 aromatic rings. The SMILES string of the molecule is Cc1ccc(COc2ccccc2Cl)cc1N. The quantitative estimate of drug-likeness (QED) is 0.837. The molecule has 0 atom stereocenters. The summed E-state index contributed by atoms with van der Waals surface area (Å²) in [5.74, 6) is 0.688. The van der Waals surface area contributed by atoms with Crippen molar-refractivity contribution in [1.82, 2.24) is 0 Å². The third kappa shape index (κ3) is 2.92. The molecule has 0 fully saturated rings. The van der Waals surface area contributed by atoms with E-state index in [0.29, 0.717) is 17.4 Å². The van der Waals surface area contributed by atoms with Gasteiger partial charge in [0.1, 0.15) is 12.4 Å². The van der Waals surface area contributed by atoms with Crippen LogP contribution in [0, 0.1) is 6.92 Å². The second kappa shape index (κ2) is 5.11. The van der Waals surface area contributed by atoms with Gasteiger partial charge in [-0.2, -0.15) is 0 Å². The van der Waals surface area contributed by atoms with Crippen molar-refractivity contribution in [3.8, 4) is 5.75 Å². The zero-order valence-electron chi connectivity index (χ0n) is 9.61.